The number of halogens is 2. The number of nitriles is 1. The van der Waals surface area contributed by atoms with Crippen molar-refractivity contribution in [2.45, 2.75) is 0 Å². The zero-order chi connectivity index (χ0) is 11.5. The van der Waals surface area contributed by atoms with Crippen LogP contribution in [0, 0.1) is 11.3 Å². The van der Waals surface area contributed by atoms with Crippen molar-refractivity contribution in [2.75, 3.05) is 10.5 Å². The van der Waals surface area contributed by atoms with Gasteiger partial charge in [-0.25, -0.2) is 8.42 Å². The summed E-state index contributed by atoms with van der Waals surface area (Å²) < 4.78 is 24.6. The SMILES string of the molecule is N#CCS(=O)(=O)Nc1cccc(Cl)c1Cl. The molecule has 1 aromatic rings. The fourth-order valence-corrected chi connectivity index (χ4v) is 2.02. The highest BCUT2D eigenvalue weighted by molar-refractivity contribution is 7.92. The molecule has 1 N–H and O–H groups in total. The minimum atomic E-state index is -3.68. The summed E-state index contributed by atoms with van der Waals surface area (Å²) in [6.07, 6.45) is 0. The minimum Gasteiger partial charge on any atom is -0.281 e. The van der Waals surface area contributed by atoms with Crippen LogP contribution in [0.1, 0.15) is 0 Å². The van der Waals surface area contributed by atoms with Crippen LogP contribution >= 0.6 is 23.2 Å². The lowest BCUT2D eigenvalue weighted by Crippen LogP contribution is -2.15. The number of rotatable bonds is 3. The van der Waals surface area contributed by atoms with Gasteiger partial charge in [-0.15, -0.1) is 0 Å². The molecule has 7 heteroatoms. The summed E-state index contributed by atoms with van der Waals surface area (Å²) in [5, 5.41) is 8.63. The molecule has 0 aliphatic carbocycles. The van der Waals surface area contributed by atoms with E-state index in [0.29, 0.717) is 0 Å². The van der Waals surface area contributed by atoms with Crippen molar-refractivity contribution in [2.24, 2.45) is 0 Å². The molecule has 0 atom stereocenters. The molecule has 0 heterocycles. The third-order valence-electron chi connectivity index (χ3n) is 1.47. The van der Waals surface area contributed by atoms with Gasteiger partial charge in [-0.1, -0.05) is 29.3 Å². The summed E-state index contributed by atoms with van der Waals surface area (Å²) in [7, 11) is -3.68. The first kappa shape index (κ1) is 12.1. The second-order valence-electron chi connectivity index (χ2n) is 2.62. The summed E-state index contributed by atoms with van der Waals surface area (Å²) in [5.74, 6) is -0.629. The van der Waals surface area contributed by atoms with Gasteiger partial charge in [-0.3, -0.25) is 4.72 Å². The maximum Gasteiger partial charge on any atom is 0.246 e. The molecule has 0 aliphatic heterocycles. The molecule has 1 aromatic carbocycles. The highest BCUT2D eigenvalue weighted by Crippen LogP contribution is 2.30. The van der Waals surface area contributed by atoms with Gasteiger partial charge in [0, 0.05) is 0 Å². The van der Waals surface area contributed by atoms with Crippen molar-refractivity contribution < 1.29 is 8.42 Å². The van der Waals surface area contributed by atoms with Gasteiger partial charge in [0.25, 0.3) is 0 Å². The third-order valence-corrected chi connectivity index (χ3v) is 3.33. The Morgan fingerprint density at radius 3 is 2.67 bits per heavy atom. The molecule has 0 fully saturated rings. The molecular formula is C8H6Cl2N2O2S. The van der Waals surface area contributed by atoms with Gasteiger partial charge in [0.15, 0.2) is 5.75 Å². The average molecular weight is 265 g/mol. The lowest BCUT2D eigenvalue weighted by Gasteiger charge is -2.07. The number of hydrogen-bond acceptors (Lipinski definition) is 3. The smallest absolute Gasteiger partial charge is 0.246 e. The number of sulfonamides is 1. The van der Waals surface area contributed by atoms with Crippen molar-refractivity contribution in [3.63, 3.8) is 0 Å². The van der Waals surface area contributed by atoms with Crippen LogP contribution in [0.4, 0.5) is 5.69 Å². The second-order valence-corrected chi connectivity index (χ2v) is 5.13. The average Bonchev–Trinajstić information content (AvgIpc) is 2.12. The molecule has 4 nitrogen and oxygen atoms in total. The number of nitrogens with zero attached hydrogens (tertiary/aromatic N) is 1. The maximum absolute atomic E-state index is 11.2. The van der Waals surface area contributed by atoms with Crippen LogP contribution in [0.2, 0.25) is 10.0 Å². The van der Waals surface area contributed by atoms with Crippen molar-refractivity contribution in [3.05, 3.63) is 28.2 Å². The normalized spacial score (nSPS) is 10.7. The topological polar surface area (TPSA) is 70.0 Å². The standard InChI is InChI=1S/C8H6Cl2N2O2S/c9-6-2-1-3-7(8(6)10)12-15(13,14)5-4-11/h1-3,12H,5H2. The molecule has 80 valence electrons. The van der Waals surface area contributed by atoms with Gasteiger partial charge in [0.2, 0.25) is 10.0 Å². The maximum atomic E-state index is 11.2. The molecule has 0 bridgehead atoms. The quantitative estimate of drug-likeness (QED) is 0.911. The summed E-state index contributed by atoms with van der Waals surface area (Å²) in [6.45, 7) is 0. The fourth-order valence-electron chi connectivity index (χ4n) is 0.871. The Morgan fingerprint density at radius 1 is 1.40 bits per heavy atom. The second kappa shape index (κ2) is 4.71. The van der Waals surface area contributed by atoms with Crippen LogP contribution in [-0.4, -0.2) is 14.2 Å². The number of nitrogens with one attached hydrogen (secondary N) is 1. The van der Waals surface area contributed by atoms with Crippen LogP contribution in [0.3, 0.4) is 0 Å². The van der Waals surface area contributed by atoms with E-state index in [1.807, 2.05) is 0 Å². The molecule has 15 heavy (non-hydrogen) atoms. The predicted octanol–water partition coefficient (Wildman–Crippen LogP) is 2.26. The molecule has 0 amide bonds. The molecule has 0 saturated carbocycles. The molecular weight excluding hydrogens is 259 g/mol. The van der Waals surface area contributed by atoms with E-state index in [2.05, 4.69) is 4.72 Å². The highest BCUT2D eigenvalue weighted by atomic mass is 35.5. The van der Waals surface area contributed by atoms with Gasteiger partial charge >= 0.3 is 0 Å². The van der Waals surface area contributed by atoms with Crippen LogP contribution in [0.25, 0.3) is 0 Å². The number of anilines is 1. The van der Waals surface area contributed by atoms with Crippen molar-refractivity contribution in [3.8, 4) is 6.07 Å². The molecule has 0 unspecified atom stereocenters. The van der Waals surface area contributed by atoms with Crippen LogP contribution in [0.15, 0.2) is 18.2 Å². The monoisotopic (exact) mass is 264 g/mol. The van der Waals surface area contributed by atoms with E-state index in [9.17, 15) is 8.42 Å². The lowest BCUT2D eigenvalue weighted by molar-refractivity contribution is 0.604. The Bertz CT molecular complexity index is 508. The van der Waals surface area contributed by atoms with Gasteiger partial charge in [-0.05, 0) is 12.1 Å². The third kappa shape index (κ3) is 3.27. The predicted molar refractivity (Wildman–Crippen MR) is 59.5 cm³/mol. The first-order valence-electron chi connectivity index (χ1n) is 3.78. The minimum absolute atomic E-state index is 0.112. The van der Waals surface area contributed by atoms with E-state index in [-0.39, 0.29) is 15.7 Å². The molecule has 0 aliphatic rings. The highest BCUT2D eigenvalue weighted by Gasteiger charge is 2.12. The molecule has 0 radical (unpaired) electrons. The van der Waals surface area contributed by atoms with E-state index >= 15 is 0 Å². The van der Waals surface area contributed by atoms with Gasteiger partial charge in [0.05, 0.1) is 21.8 Å². The fraction of sp³-hybridized carbons (Fsp3) is 0.125. The van der Waals surface area contributed by atoms with E-state index < -0.39 is 15.8 Å². The molecule has 0 saturated heterocycles. The van der Waals surface area contributed by atoms with Crippen LogP contribution in [-0.2, 0) is 10.0 Å². The van der Waals surface area contributed by atoms with Gasteiger partial charge in [0.1, 0.15) is 0 Å². The first-order chi connectivity index (χ1) is 6.96. The van der Waals surface area contributed by atoms with Crippen LogP contribution in [0.5, 0.6) is 0 Å². The van der Waals surface area contributed by atoms with Crippen molar-refractivity contribution >= 4 is 38.9 Å². The Kier molecular flexibility index (Phi) is 3.80. The summed E-state index contributed by atoms with van der Waals surface area (Å²) in [4.78, 5) is 0. The Hall–Kier alpha value is -0.960. The van der Waals surface area contributed by atoms with E-state index in [1.165, 1.54) is 18.2 Å². The van der Waals surface area contributed by atoms with E-state index in [4.69, 9.17) is 28.5 Å². The zero-order valence-electron chi connectivity index (χ0n) is 7.37. The van der Waals surface area contributed by atoms with Crippen LogP contribution < -0.4 is 4.72 Å². The summed E-state index contributed by atoms with van der Waals surface area (Å²) in [5.41, 5.74) is 0.166. The summed E-state index contributed by atoms with van der Waals surface area (Å²) in [6, 6.07) is 6.08. The molecule has 0 spiro atoms. The zero-order valence-corrected chi connectivity index (χ0v) is 9.70. The number of hydrogen-bond donors (Lipinski definition) is 1. The van der Waals surface area contributed by atoms with Gasteiger partial charge in [-0.2, -0.15) is 5.26 Å². The Labute approximate surface area is 97.5 Å². The Morgan fingerprint density at radius 2 is 2.07 bits per heavy atom. The Balaban J connectivity index is 3.02. The molecule has 0 aromatic heterocycles. The van der Waals surface area contributed by atoms with Crippen molar-refractivity contribution in [1.29, 1.82) is 5.26 Å². The largest absolute Gasteiger partial charge is 0.281 e. The first-order valence-corrected chi connectivity index (χ1v) is 6.18. The van der Waals surface area contributed by atoms with Crippen molar-refractivity contribution in [1.82, 2.24) is 0 Å². The lowest BCUT2D eigenvalue weighted by atomic mass is 10.3. The van der Waals surface area contributed by atoms with E-state index in [0.717, 1.165) is 0 Å². The summed E-state index contributed by atoms with van der Waals surface area (Å²) >= 11 is 11.4. The number of benzene rings is 1. The molecule has 1 rings (SSSR count). The van der Waals surface area contributed by atoms with Gasteiger partial charge < -0.3 is 0 Å². The van der Waals surface area contributed by atoms with E-state index in [1.54, 1.807) is 6.07 Å².